The van der Waals surface area contributed by atoms with Crippen molar-refractivity contribution in [1.29, 1.82) is 0 Å². The van der Waals surface area contributed by atoms with Crippen LogP contribution in [0.5, 0.6) is 5.88 Å². The van der Waals surface area contributed by atoms with Crippen molar-refractivity contribution in [3.05, 3.63) is 108 Å². The molecule has 5 rings (SSSR count). The van der Waals surface area contributed by atoms with E-state index in [2.05, 4.69) is 35.8 Å². The Morgan fingerprint density at radius 3 is 2.15 bits per heavy atom. The number of H-pyrrole nitrogens is 1. The molecule has 0 bridgehead atoms. The highest BCUT2D eigenvalue weighted by atomic mass is 32.2. The number of carbonyl (C=O) groups is 1. The number of anilines is 2. The first kappa shape index (κ1) is 27.0. The molecule has 0 aliphatic carbocycles. The molecule has 0 saturated heterocycles. The summed E-state index contributed by atoms with van der Waals surface area (Å²) in [5, 5.41) is 3.23. The minimum atomic E-state index is -3.85. The van der Waals surface area contributed by atoms with Crippen molar-refractivity contribution in [3.63, 3.8) is 0 Å². The van der Waals surface area contributed by atoms with Gasteiger partial charge in [-0.2, -0.15) is 0 Å². The molecule has 9 heteroatoms. The van der Waals surface area contributed by atoms with Gasteiger partial charge in [0.25, 0.3) is 10.0 Å². The zero-order chi connectivity index (χ0) is 28.5. The number of fused-ring (bicyclic) bond motifs is 1. The summed E-state index contributed by atoms with van der Waals surface area (Å²) in [6.45, 7) is 6.20. The van der Waals surface area contributed by atoms with E-state index in [1.54, 1.807) is 30.3 Å². The Kier molecular flexibility index (Phi) is 7.08. The number of carbonyl (C=O) groups excluding carboxylic acids is 1. The van der Waals surface area contributed by atoms with Crippen LogP contribution in [-0.2, 0) is 15.4 Å². The Balaban J connectivity index is 1.47. The van der Waals surface area contributed by atoms with Crippen molar-refractivity contribution in [1.82, 2.24) is 4.98 Å². The summed E-state index contributed by atoms with van der Waals surface area (Å²) in [6.07, 6.45) is -0.769. The number of rotatable bonds is 6. The summed E-state index contributed by atoms with van der Waals surface area (Å²) in [5.74, 6) is -0.243. The Hall–Kier alpha value is -4.63. The molecule has 1 aromatic heterocycles. The summed E-state index contributed by atoms with van der Waals surface area (Å²) in [6, 6.07) is 26.5. The van der Waals surface area contributed by atoms with Gasteiger partial charge in [-0.05, 0) is 71.1 Å². The minimum absolute atomic E-state index is 0.0986. The van der Waals surface area contributed by atoms with Gasteiger partial charge in [-0.3, -0.25) is 10.0 Å². The second-order valence-electron chi connectivity index (χ2n) is 10.4. The summed E-state index contributed by atoms with van der Waals surface area (Å²) in [4.78, 5) is 15.9. The second kappa shape index (κ2) is 10.5. The lowest BCUT2D eigenvalue weighted by molar-refractivity contribution is 0.214. The molecule has 0 spiro atoms. The van der Waals surface area contributed by atoms with Gasteiger partial charge < -0.3 is 9.72 Å². The van der Waals surface area contributed by atoms with Crippen LogP contribution in [0, 0.1) is 5.82 Å². The van der Waals surface area contributed by atoms with Crippen molar-refractivity contribution < 1.29 is 22.3 Å². The van der Waals surface area contributed by atoms with Crippen LogP contribution >= 0.6 is 0 Å². The first-order valence-corrected chi connectivity index (χ1v) is 14.1. The van der Waals surface area contributed by atoms with Crippen LogP contribution in [-0.4, -0.2) is 19.5 Å². The van der Waals surface area contributed by atoms with Gasteiger partial charge in [-0.15, -0.1) is 0 Å². The fraction of sp³-hybridized carbons (Fsp3) is 0.129. The molecule has 5 aromatic rings. The normalized spacial score (nSPS) is 11.8. The number of sulfonamides is 1. The van der Waals surface area contributed by atoms with Gasteiger partial charge in [0.15, 0.2) is 0 Å². The molecule has 204 valence electrons. The molecule has 1 amide bonds. The summed E-state index contributed by atoms with van der Waals surface area (Å²) in [5.41, 5.74) is 3.64. The molecule has 0 unspecified atom stereocenters. The summed E-state index contributed by atoms with van der Waals surface area (Å²) in [7, 11) is -3.85. The molecule has 3 N–H and O–H groups in total. The van der Waals surface area contributed by atoms with E-state index in [1.165, 1.54) is 24.3 Å². The SMILES string of the molecule is CC(C)(C)c1ccc(S(=O)(=O)Nc2ccc3[nH]c(OC(=O)Nc4ccc(F)cc4)c(-c4ccccc4)c3c2)cc1. The molecule has 0 aliphatic heterocycles. The van der Waals surface area contributed by atoms with Crippen LogP contribution in [0.25, 0.3) is 22.0 Å². The van der Waals surface area contributed by atoms with Crippen molar-refractivity contribution in [3.8, 4) is 17.0 Å². The van der Waals surface area contributed by atoms with Crippen molar-refractivity contribution in [2.24, 2.45) is 0 Å². The van der Waals surface area contributed by atoms with Gasteiger partial charge in [-0.1, -0.05) is 63.2 Å². The Morgan fingerprint density at radius 2 is 1.50 bits per heavy atom. The minimum Gasteiger partial charge on any atom is -0.392 e. The maximum atomic E-state index is 13.2. The van der Waals surface area contributed by atoms with E-state index in [-0.39, 0.29) is 16.2 Å². The number of halogens is 1. The largest absolute Gasteiger partial charge is 0.418 e. The lowest BCUT2D eigenvalue weighted by Gasteiger charge is -2.19. The highest BCUT2D eigenvalue weighted by molar-refractivity contribution is 7.92. The van der Waals surface area contributed by atoms with E-state index in [1.807, 2.05) is 42.5 Å². The standard InChI is InChI=1S/C31H28FN3O4S/c1-31(2,3)21-9-16-25(17-10-21)40(37,38)35-24-15-18-27-26(19-24)28(20-7-5-4-6-8-20)29(34-27)39-30(36)33-23-13-11-22(32)12-14-23/h4-19,34-35H,1-3H3,(H,33,36). The van der Waals surface area contributed by atoms with E-state index in [4.69, 9.17) is 4.74 Å². The van der Waals surface area contributed by atoms with Crippen LogP contribution in [0.3, 0.4) is 0 Å². The van der Waals surface area contributed by atoms with E-state index >= 15 is 0 Å². The molecular weight excluding hydrogens is 529 g/mol. The highest BCUT2D eigenvalue weighted by Gasteiger charge is 2.21. The van der Waals surface area contributed by atoms with E-state index in [9.17, 15) is 17.6 Å². The molecule has 0 aliphatic rings. The molecule has 1 heterocycles. The van der Waals surface area contributed by atoms with E-state index < -0.39 is 21.9 Å². The fourth-order valence-electron chi connectivity index (χ4n) is 4.32. The lowest BCUT2D eigenvalue weighted by Crippen LogP contribution is -2.17. The number of aromatic nitrogens is 1. The maximum Gasteiger partial charge on any atom is 0.418 e. The average molecular weight is 558 g/mol. The van der Waals surface area contributed by atoms with Crippen molar-refractivity contribution in [2.45, 2.75) is 31.1 Å². The number of benzene rings is 4. The first-order valence-electron chi connectivity index (χ1n) is 12.6. The molecule has 4 aromatic carbocycles. The van der Waals surface area contributed by atoms with Crippen LogP contribution < -0.4 is 14.8 Å². The molecule has 7 nitrogen and oxygen atoms in total. The predicted molar refractivity (Wildman–Crippen MR) is 156 cm³/mol. The topological polar surface area (TPSA) is 100 Å². The maximum absolute atomic E-state index is 13.2. The Morgan fingerprint density at radius 1 is 0.850 bits per heavy atom. The van der Waals surface area contributed by atoms with Crippen LogP contribution in [0.4, 0.5) is 20.6 Å². The van der Waals surface area contributed by atoms with Crippen molar-refractivity contribution in [2.75, 3.05) is 10.0 Å². The van der Waals surface area contributed by atoms with Crippen LogP contribution in [0.2, 0.25) is 0 Å². The van der Waals surface area contributed by atoms with Crippen molar-refractivity contribution >= 4 is 38.4 Å². The quantitative estimate of drug-likeness (QED) is 0.199. The molecule has 40 heavy (non-hydrogen) atoms. The van der Waals surface area contributed by atoms with Gasteiger partial charge in [0, 0.05) is 22.3 Å². The van der Waals surface area contributed by atoms with Crippen LogP contribution in [0.1, 0.15) is 26.3 Å². The van der Waals surface area contributed by atoms with E-state index in [0.717, 1.165) is 11.1 Å². The third-order valence-corrected chi connectivity index (χ3v) is 7.79. The second-order valence-corrected chi connectivity index (χ2v) is 12.0. The number of ether oxygens (including phenoxy) is 1. The Labute approximate surface area is 232 Å². The fourth-order valence-corrected chi connectivity index (χ4v) is 5.37. The zero-order valence-corrected chi connectivity index (χ0v) is 23.0. The first-order chi connectivity index (χ1) is 19.0. The monoisotopic (exact) mass is 557 g/mol. The number of nitrogens with one attached hydrogen (secondary N) is 3. The predicted octanol–water partition coefficient (Wildman–Crippen LogP) is 7.68. The van der Waals surface area contributed by atoms with Gasteiger partial charge >= 0.3 is 6.09 Å². The number of hydrogen-bond donors (Lipinski definition) is 3. The molecule has 0 atom stereocenters. The highest BCUT2D eigenvalue weighted by Crippen LogP contribution is 2.39. The molecule has 0 saturated carbocycles. The third kappa shape index (κ3) is 5.84. The van der Waals surface area contributed by atoms with Gasteiger partial charge in [0.2, 0.25) is 5.88 Å². The molecule has 0 fully saturated rings. The van der Waals surface area contributed by atoms with Crippen LogP contribution in [0.15, 0.2) is 102 Å². The smallest absolute Gasteiger partial charge is 0.392 e. The van der Waals surface area contributed by atoms with Gasteiger partial charge in [-0.25, -0.2) is 17.6 Å². The lowest BCUT2D eigenvalue weighted by atomic mass is 9.87. The molecular formula is C31H28FN3O4S. The average Bonchev–Trinajstić information content (AvgIpc) is 3.26. The molecule has 0 radical (unpaired) electrons. The Bertz CT molecular complexity index is 1780. The third-order valence-electron chi connectivity index (χ3n) is 6.39. The van der Waals surface area contributed by atoms with E-state index in [0.29, 0.717) is 27.8 Å². The van der Waals surface area contributed by atoms with Gasteiger partial charge in [0.1, 0.15) is 5.82 Å². The number of aromatic amines is 1. The summed E-state index contributed by atoms with van der Waals surface area (Å²) < 4.78 is 47.9. The zero-order valence-electron chi connectivity index (χ0n) is 22.2. The number of hydrogen-bond acceptors (Lipinski definition) is 4. The van der Waals surface area contributed by atoms with Gasteiger partial charge in [0.05, 0.1) is 10.5 Å². The number of amides is 1. The summed E-state index contributed by atoms with van der Waals surface area (Å²) >= 11 is 0.